The Bertz CT molecular complexity index is 1030. The molecule has 0 bridgehead atoms. The maximum atomic E-state index is 13.1. The van der Waals surface area contributed by atoms with Crippen molar-refractivity contribution in [3.63, 3.8) is 0 Å². The van der Waals surface area contributed by atoms with E-state index in [1.165, 1.54) is 23.5 Å². The van der Waals surface area contributed by atoms with Gasteiger partial charge in [0.25, 0.3) is 5.91 Å². The van der Waals surface area contributed by atoms with Crippen LogP contribution in [0.4, 0.5) is 18.3 Å². The van der Waals surface area contributed by atoms with Gasteiger partial charge >= 0.3 is 6.18 Å². The molecule has 0 fully saturated rings. The summed E-state index contributed by atoms with van der Waals surface area (Å²) in [6.07, 6.45) is -4.44. The molecule has 29 heavy (non-hydrogen) atoms. The zero-order valence-corrected chi connectivity index (χ0v) is 17.5. The molecule has 0 aliphatic carbocycles. The van der Waals surface area contributed by atoms with Crippen molar-refractivity contribution >= 4 is 32.6 Å². The van der Waals surface area contributed by atoms with Crippen LogP contribution in [-0.4, -0.2) is 43.0 Å². The van der Waals surface area contributed by atoms with Gasteiger partial charge in [0.05, 0.1) is 15.8 Å². The van der Waals surface area contributed by atoms with Gasteiger partial charge < -0.3 is 4.90 Å². The van der Waals surface area contributed by atoms with Crippen LogP contribution in [0.1, 0.15) is 27.0 Å². The third-order valence-corrected chi connectivity index (χ3v) is 5.74. The minimum atomic E-state index is -4.44. The molecule has 0 aliphatic heterocycles. The number of rotatable bonds is 5. The van der Waals surface area contributed by atoms with Crippen molar-refractivity contribution < 1.29 is 18.0 Å². The van der Waals surface area contributed by atoms with E-state index in [2.05, 4.69) is 11.1 Å². The number of benzene rings is 2. The number of likely N-dealkylation sites (N-methyl/N-ethyl adjacent to an activating group) is 1. The van der Waals surface area contributed by atoms with Gasteiger partial charge in [-0.1, -0.05) is 17.4 Å². The van der Waals surface area contributed by atoms with Gasteiger partial charge in [-0.25, -0.2) is 4.98 Å². The Morgan fingerprint density at radius 1 is 1.07 bits per heavy atom. The molecule has 0 radical (unpaired) electrons. The molecule has 0 N–H and O–H groups in total. The van der Waals surface area contributed by atoms with E-state index in [1.807, 2.05) is 38.9 Å². The molecule has 1 amide bonds. The minimum absolute atomic E-state index is 0.198. The predicted octanol–water partition coefficient (Wildman–Crippen LogP) is 5.14. The number of alkyl halides is 3. The molecule has 0 atom stereocenters. The molecular weight excluding hydrogens is 399 g/mol. The summed E-state index contributed by atoms with van der Waals surface area (Å²) in [7, 11) is 3.79. The van der Waals surface area contributed by atoms with Crippen molar-refractivity contribution in [1.29, 1.82) is 0 Å². The largest absolute Gasteiger partial charge is 0.416 e. The lowest BCUT2D eigenvalue weighted by Gasteiger charge is -2.22. The second kappa shape index (κ2) is 8.12. The van der Waals surface area contributed by atoms with Gasteiger partial charge in [-0.05, 0) is 69.4 Å². The van der Waals surface area contributed by atoms with Gasteiger partial charge in [0, 0.05) is 18.7 Å². The third kappa shape index (κ3) is 4.76. The number of hydrogen-bond acceptors (Lipinski definition) is 4. The summed E-state index contributed by atoms with van der Waals surface area (Å²) in [4.78, 5) is 21.3. The van der Waals surface area contributed by atoms with Crippen molar-refractivity contribution in [2.45, 2.75) is 20.0 Å². The Balaban J connectivity index is 1.98. The number of thiazole rings is 1. The number of aromatic nitrogens is 1. The van der Waals surface area contributed by atoms with E-state index < -0.39 is 11.7 Å². The molecular formula is C21H22F3N3OS. The zero-order chi connectivity index (χ0) is 21.3. The van der Waals surface area contributed by atoms with Crippen molar-refractivity contribution in [1.82, 2.24) is 9.88 Å². The van der Waals surface area contributed by atoms with Gasteiger partial charge in [0.2, 0.25) is 0 Å². The highest BCUT2D eigenvalue weighted by molar-refractivity contribution is 7.22. The summed E-state index contributed by atoms with van der Waals surface area (Å²) in [5.74, 6) is -0.367. The second-order valence-electron chi connectivity index (χ2n) is 7.26. The first kappa shape index (κ1) is 21.3. The number of carbonyl (C=O) groups is 1. The van der Waals surface area contributed by atoms with E-state index in [4.69, 9.17) is 0 Å². The van der Waals surface area contributed by atoms with Crippen LogP contribution >= 0.6 is 11.3 Å². The summed E-state index contributed by atoms with van der Waals surface area (Å²) in [6, 6.07) is 8.33. The number of amides is 1. The SMILES string of the molecule is Cc1cc(C)c2sc(N(CCN(C)C)C(=O)c3ccc(C(F)(F)F)cc3)nc2c1. The highest BCUT2D eigenvalue weighted by Gasteiger charge is 2.30. The Morgan fingerprint density at radius 3 is 2.31 bits per heavy atom. The van der Waals surface area contributed by atoms with E-state index in [0.29, 0.717) is 18.2 Å². The first-order chi connectivity index (χ1) is 13.6. The number of halogens is 3. The van der Waals surface area contributed by atoms with E-state index in [0.717, 1.165) is 33.5 Å². The number of carbonyl (C=O) groups excluding carboxylic acids is 1. The van der Waals surface area contributed by atoms with Crippen LogP contribution < -0.4 is 4.90 Å². The topological polar surface area (TPSA) is 36.4 Å². The Hall–Kier alpha value is -2.45. The molecule has 1 aromatic heterocycles. The molecule has 1 heterocycles. The van der Waals surface area contributed by atoms with Gasteiger partial charge in [0.15, 0.2) is 5.13 Å². The van der Waals surface area contributed by atoms with Gasteiger partial charge in [-0.2, -0.15) is 13.2 Å². The molecule has 3 rings (SSSR count). The normalized spacial score (nSPS) is 12.0. The molecule has 0 spiro atoms. The monoisotopic (exact) mass is 421 g/mol. The fourth-order valence-corrected chi connectivity index (χ4v) is 4.06. The van der Waals surface area contributed by atoms with E-state index in [-0.39, 0.29) is 11.5 Å². The van der Waals surface area contributed by atoms with Crippen molar-refractivity contribution in [3.8, 4) is 0 Å². The number of hydrogen-bond donors (Lipinski definition) is 0. The van der Waals surface area contributed by atoms with Crippen LogP contribution in [0.15, 0.2) is 36.4 Å². The highest BCUT2D eigenvalue weighted by atomic mass is 32.1. The van der Waals surface area contributed by atoms with E-state index >= 15 is 0 Å². The molecule has 0 unspecified atom stereocenters. The summed E-state index contributed by atoms with van der Waals surface area (Å²) < 4.78 is 39.5. The summed E-state index contributed by atoms with van der Waals surface area (Å²) in [6.45, 7) is 4.97. The van der Waals surface area contributed by atoms with Crippen LogP contribution in [0.5, 0.6) is 0 Å². The number of nitrogens with zero attached hydrogens (tertiary/aromatic N) is 3. The summed E-state index contributed by atoms with van der Waals surface area (Å²) in [5, 5.41) is 0.542. The van der Waals surface area contributed by atoms with E-state index in [1.54, 1.807) is 4.90 Å². The summed E-state index contributed by atoms with van der Waals surface area (Å²) in [5.41, 5.74) is 2.40. The molecule has 0 saturated carbocycles. The Morgan fingerprint density at radius 2 is 1.72 bits per heavy atom. The maximum Gasteiger partial charge on any atom is 0.416 e. The van der Waals surface area contributed by atoms with Gasteiger partial charge in [0.1, 0.15) is 0 Å². The van der Waals surface area contributed by atoms with Crippen LogP contribution in [-0.2, 0) is 6.18 Å². The first-order valence-corrected chi connectivity index (χ1v) is 9.89. The Labute approximate surface area is 171 Å². The van der Waals surface area contributed by atoms with Crippen molar-refractivity contribution in [3.05, 3.63) is 58.7 Å². The average Bonchev–Trinajstić information content (AvgIpc) is 3.05. The summed E-state index contributed by atoms with van der Waals surface area (Å²) >= 11 is 1.42. The lowest BCUT2D eigenvalue weighted by atomic mass is 10.1. The fraction of sp³-hybridized carbons (Fsp3) is 0.333. The lowest BCUT2D eigenvalue weighted by molar-refractivity contribution is -0.137. The average molecular weight is 421 g/mol. The van der Waals surface area contributed by atoms with Crippen LogP contribution in [0.3, 0.4) is 0 Å². The quantitative estimate of drug-likeness (QED) is 0.572. The smallest absolute Gasteiger partial charge is 0.308 e. The van der Waals surface area contributed by atoms with Crippen LogP contribution in [0.2, 0.25) is 0 Å². The number of aryl methyl sites for hydroxylation is 2. The number of fused-ring (bicyclic) bond motifs is 1. The highest BCUT2D eigenvalue weighted by Crippen LogP contribution is 2.33. The lowest BCUT2D eigenvalue weighted by Crippen LogP contribution is -2.36. The molecule has 0 aliphatic rings. The third-order valence-electron chi connectivity index (χ3n) is 4.51. The first-order valence-electron chi connectivity index (χ1n) is 9.08. The predicted molar refractivity (Wildman–Crippen MR) is 111 cm³/mol. The van der Waals surface area contributed by atoms with Crippen molar-refractivity contribution in [2.24, 2.45) is 0 Å². The molecule has 3 aromatic rings. The zero-order valence-electron chi connectivity index (χ0n) is 16.7. The second-order valence-corrected chi connectivity index (χ2v) is 8.24. The Kier molecular flexibility index (Phi) is 5.95. The molecule has 0 saturated heterocycles. The standard InChI is InChI=1S/C21H22F3N3OS/c1-13-11-14(2)18-17(12-13)25-20(29-18)27(10-9-26(3)4)19(28)15-5-7-16(8-6-15)21(22,23)24/h5-8,11-12H,9-10H2,1-4H3. The molecule has 2 aromatic carbocycles. The maximum absolute atomic E-state index is 13.1. The van der Waals surface area contributed by atoms with Gasteiger partial charge in [-0.15, -0.1) is 0 Å². The van der Waals surface area contributed by atoms with Crippen LogP contribution in [0, 0.1) is 13.8 Å². The van der Waals surface area contributed by atoms with Gasteiger partial charge in [-0.3, -0.25) is 9.69 Å². The fourth-order valence-electron chi connectivity index (χ4n) is 3.02. The number of anilines is 1. The van der Waals surface area contributed by atoms with E-state index in [9.17, 15) is 18.0 Å². The minimum Gasteiger partial charge on any atom is -0.308 e. The van der Waals surface area contributed by atoms with Crippen molar-refractivity contribution in [2.75, 3.05) is 32.1 Å². The molecule has 8 heteroatoms. The molecule has 4 nitrogen and oxygen atoms in total. The molecule has 154 valence electrons. The van der Waals surface area contributed by atoms with Crippen LogP contribution in [0.25, 0.3) is 10.2 Å².